The average Bonchev–Trinajstić information content (AvgIpc) is 2.71. The molecule has 0 radical (unpaired) electrons. The molecule has 0 aliphatic carbocycles. The van der Waals surface area contributed by atoms with Crippen molar-refractivity contribution in [2.75, 3.05) is 13.1 Å². The van der Waals surface area contributed by atoms with Crippen LogP contribution in [0.4, 0.5) is 0 Å². The van der Waals surface area contributed by atoms with Gasteiger partial charge >= 0.3 is 0 Å². The van der Waals surface area contributed by atoms with Crippen LogP contribution < -0.4 is 4.74 Å². The number of halogens is 2. The van der Waals surface area contributed by atoms with Crippen molar-refractivity contribution in [1.29, 1.82) is 0 Å². The largest absolute Gasteiger partial charge is 0.473 e. The predicted molar refractivity (Wildman–Crippen MR) is 113 cm³/mol. The molecule has 9 heteroatoms. The highest BCUT2D eigenvalue weighted by atomic mass is 35.5. The molecule has 2 aromatic carbocycles. The predicted octanol–water partition coefficient (Wildman–Crippen LogP) is 4.48. The SMILES string of the molecule is Cc1cc(S(=O)(=O)N2CCC(Oc3cnc4ccccc4n3)CC2)c(Cl)cc1Cl. The lowest BCUT2D eigenvalue weighted by Gasteiger charge is -2.31. The molecule has 29 heavy (non-hydrogen) atoms. The summed E-state index contributed by atoms with van der Waals surface area (Å²) in [7, 11) is -3.70. The number of para-hydroxylation sites is 2. The number of sulfonamides is 1. The van der Waals surface area contributed by atoms with Crippen LogP contribution in [-0.4, -0.2) is 41.9 Å². The van der Waals surface area contributed by atoms with E-state index in [4.69, 9.17) is 27.9 Å². The third-order valence-electron chi connectivity index (χ3n) is 4.95. The van der Waals surface area contributed by atoms with Crippen LogP contribution in [0.1, 0.15) is 18.4 Å². The molecule has 152 valence electrons. The third-order valence-corrected chi connectivity index (χ3v) is 7.72. The molecular weight excluding hydrogens is 433 g/mol. The van der Waals surface area contributed by atoms with Crippen molar-refractivity contribution in [3.05, 3.63) is 58.2 Å². The van der Waals surface area contributed by atoms with Gasteiger partial charge in [-0.05, 0) is 49.6 Å². The third kappa shape index (κ3) is 4.19. The summed E-state index contributed by atoms with van der Waals surface area (Å²) in [5, 5.41) is 0.572. The van der Waals surface area contributed by atoms with E-state index >= 15 is 0 Å². The highest BCUT2D eigenvalue weighted by Gasteiger charge is 2.32. The van der Waals surface area contributed by atoms with Crippen LogP contribution in [0.5, 0.6) is 5.88 Å². The Morgan fingerprint density at radius 3 is 2.48 bits per heavy atom. The molecule has 0 N–H and O–H groups in total. The summed E-state index contributed by atoms with van der Waals surface area (Å²) in [6.45, 7) is 2.43. The summed E-state index contributed by atoms with van der Waals surface area (Å²) in [5.74, 6) is 0.446. The molecule has 0 amide bonds. The van der Waals surface area contributed by atoms with E-state index in [9.17, 15) is 8.42 Å². The monoisotopic (exact) mass is 451 g/mol. The normalized spacial score (nSPS) is 16.2. The Morgan fingerprint density at radius 2 is 1.76 bits per heavy atom. The fourth-order valence-electron chi connectivity index (χ4n) is 3.33. The number of hydrogen-bond acceptors (Lipinski definition) is 5. The van der Waals surface area contributed by atoms with E-state index in [1.807, 2.05) is 24.3 Å². The van der Waals surface area contributed by atoms with Crippen LogP contribution in [0.3, 0.4) is 0 Å². The fraction of sp³-hybridized carbons (Fsp3) is 0.300. The molecule has 0 spiro atoms. The van der Waals surface area contributed by atoms with Crippen LogP contribution in [-0.2, 0) is 10.0 Å². The van der Waals surface area contributed by atoms with E-state index in [-0.39, 0.29) is 16.0 Å². The molecule has 6 nitrogen and oxygen atoms in total. The van der Waals surface area contributed by atoms with E-state index in [2.05, 4.69) is 9.97 Å². The lowest BCUT2D eigenvalue weighted by Crippen LogP contribution is -2.41. The minimum atomic E-state index is -3.70. The van der Waals surface area contributed by atoms with E-state index in [1.165, 1.54) is 16.4 Å². The van der Waals surface area contributed by atoms with Crippen molar-refractivity contribution in [1.82, 2.24) is 14.3 Å². The first-order valence-corrected chi connectivity index (χ1v) is 11.4. The molecule has 1 aromatic heterocycles. The summed E-state index contributed by atoms with van der Waals surface area (Å²) >= 11 is 12.2. The van der Waals surface area contributed by atoms with Crippen molar-refractivity contribution in [2.24, 2.45) is 0 Å². The van der Waals surface area contributed by atoms with Crippen molar-refractivity contribution >= 4 is 44.3 Å². The zero-order valence-corrected chi connectivity index (χ0v) is 18.0. The number of nitrogens with zero attached hydrogens (tertiary/aromatic N) is 3. The number of hydrogen-bond donors (Lipinski definition) is 0. The van der Waals surface area contributed by atoms with Gasteiger partial charge in [-0.15, -0.1) is 0 Å². The zero-order chi connectivity index (χ0) is 20.6. The van der Waals surface area contributed by atoms with Crippen molar-refractivity contribution in [3.8, 4) is 5.88 Å². The van der Waals surface area contributed by atoms with Crippen molar-refractivity contribution in [3.63, 3.8) is 0 Å². The van der Waals surface area contributed by atoms with E-state index in [1.54, 1.807) is 13.1 Å². The van der Waals surface area contributed by atoms with E-state index in [0.29, 0.717) is 42.4 Å². The van der Waals surface area contributed by atoms with Gasteiger partial charge in [0, 0.05) is 18.1 Å². The van der Waals surface area contributed by atoms with Gasteiger partial charge in [0.05, 0.1) is 22.3 Å². The Labute approximate surface area is 179 Å². The zero-order valence-electron chi connectivity index (χ0n) is 15.7. The van der Waals surface area contributed by atoms with Gasteiger partial charge in [-0.2, -0.15) is 4.31 Å². The Kier molecular flexibility index (Phi) is 5.66. The number of benzene rings is 2. The molecule has 1 aliphatic heterocycles. The Balaban J connectivity index is 1.45. The molecule has 1 aliphatic rings. The number of aryl methyl sites for hydroxylation is 1. The first kappa shape index (κ1) is 20.3. The molecule has 1 saturated heterocycles. The highest BCUT2D eigenvalue weighted by Crippen LogP contribution is 2.31. The molecule has 3 aromatic rings. The van der Waals surface area contributed by atoms with Gasteiger partial charge in [-0.1, -0.05) is 35.3 Å². The highest BCUT2D eigenvalue weighted by molar-refractivity contribution is 7.89. The topological polar surface area (TPSA) is 72.4 Å². The van der Waals surface area contributed by atoms with Crippen LogP contribution >= 0.6 is 23.2 Å². The summed E-state index contributed by atoms with van der Waals surface area (Å²) in [5.41, 5.74) is 2.23. The second-order valence-corrected chi connectivity index (χ2v) is 9.67. The number of ether oxygens (including phenoxy) is 1. The maximum Gasteiger partial charge on any atom is 0.244 e. The Bertz CT molecular complexity index is 1160. The minimum absolute atomic E-state index is 0.0841. The molecular formula is C20H19Cl2N3O3S. The second-order valence-electron chi connectivity index (χ2n) is 6.95. The first-order chi connectivity index (χ1) is 13.8. The molecule has 0 bridgehead atoms. The van der Waals surface area contributed by atoms with Crippen LogP contribution in [0.25, 0.3) is 11.0 Å². The minimum Gasteiger partial charge on any atom is -0.473 e. The molecule has 2 heterocycles. The molecule has 0 saturated carbocycles. The summed E-state index contributed by atoms with van der Waals surface area (Å²) in [4.78, 5) is 8.90. The van der Waals surface area contributed by atoms with Gasteiger partial charge in [0.15, 0.2) is 0 Å². The van der Waals surface area contributed by atoms with Gasteiger partial charge in [0.25, 0.3) is 0 Å². The smallest absolute Gasteiger partial charge is 0.244 e. The summed E-state index contributed by atoms with van der Waals surface area (Å²) in [6, 6.07) is 10.6. The summed E-state index contributed by atoms with van der Waals surface area (Å²) < 4.78 is 33.4. The first-order valence-electron chi connectivity index (χ1n) is 9.19. The maximum absolute atomic E-state index is 13.0. The average molecular weight is 452 g/mol. The fourth-order valence-corrected chi connectivity index (χ4v) is 5.60. The molecule has 4 rings (SSSR count). The lowest BCUT2D eigenvalue weighted by atomic mass is 10.1. The van der Waals surface area contributed by atoms with Gasteiger partial charge in [0.2, 0.25) is 15.9 Å². The van der Waals surface area contributed by atoms with Crippen LogP contribution in [0.15, 0.2) is 47.5 Å². The molecule has 1 fully saturated rings. The van der Waals surface area contributed by atoms with Gasteiger partial charge in [-0.3, -0.25) is 0 Å². The number of aromatic nitrogens is 2. The number of fused-ring (bicyclic) bond motifs is 1. The maximum atomic E-state index is 13.0. The van der Waals surface area contributed by atoms with Gasteiger partial charge in [-0.25, -0.2) is 18.4 Å². The lowest BCUT2D eigenvalue weighted by molar-refractivity contribution is 0.130. The number of piperidine rings is 1. The Hall–Kier alpha value is -1.93. The van der Waals surface area contributed by atoms with E-state index < -0.39 is 10.0 Å². The van der Waals surface area contributed by atoms with Gasteiger partial charge < -0.3 is 4.74 Å². The molecule has 0 unspecified atom stereocenters. The number of rotatable bonds is 4. The second kappa shape index (κ2) is 8.07. The van der Waals surface area contributed by atoms with Crippen molar-refractivity contribution < 1.29 is 13.2 Å². The van der Waals surface area contributed by atoms with Crippen molar-refractivity contribution in [2.45, 2.75) is 30.8 Å². The van der Waals surface area contributed by atoms with Crippen LogP contribution in [0, 0.1) is 6.92 Å². The Morgan fingerprint density at radius 1 is 1.07 bits per heavy atom. The standard InChI is InChI=1S/C20H19Cl2N3O3S/c1-13-10-19(16(22)11-15(13)21)29(26,27)25-8-6-14(7-9-25)28-20-12-23-17-4-2-3-5-18(17)24-20/h2-5,10-12,14H,6-9H2,1H3. The van der Waals surface area contributed by atoms with E-state index in [0.717, 1.165) is 11.0 Å². The van der Waals surface area contributed by atoms with Gasteiger partial charge in [0.1, 0.15) is 11.0 Å². The van der Waals surface area contributed by atoms with Crippen LogP contribution in [0.2, 0.25) is 10.0 Å². The summed E-state index contributed by atoms with van der Waals surface area (Å²) in [6.07, 6.45) is 2.58. The quantitative estimate of drug-likeness (QED) is 0.584. The molecule has 0 atom stereocenters.